The molecule has 0 radical (unpaired) electrons. The van der Waals surface area contributed by atoms with Gasteiger partial charge in [0.15, 0.2) is 18.1 Å². The maximum atomic E-state index is 12.9. The summed E-state index contributed by atoms with van der Waals surface area (Å²) in [5.74, 6) is 1.29. The van der Waals surface area contributed by atoms with Gasteiger partial charge >= 0.3 is 0 Å². The van der Waals surface area contributed by atoms with Crippen molar-refractivity contribution >= 4 is 34.9 Å². The van der Waals surface area contributed by atoms with Gasteiger partial charge in [-0.3, -0.25) is 19.3 Å². The van der Waals surface area contributed by atoms with Crippen molar-refractivity contribution in [2.75, 3.05) is 39.5 Å². The first kappa shape index (κ1) is 26.6. The monoisotopic (exact) mass is 524 g/mol. The third-order valence-corrected chi connectivity index (χ3v) is 7.07. The van der Waals surface area contributed by atoms with Gasteiger partial charge < -0.3 is 19.1 Å². The van der Waals surface area contributed by atoms with E-state index < -0.39 is 0 Å². The van der Waals surface area contributed by atoms with Gasteiger partial charge in [0.25, 0.3) is 17.1 Å². The zero-order valence-electron chi connectivity index (χ0n) is 21.5. The van der Waals surface area contributed by atoms with Crippen LogP contribution in [0.5, 0.6) is 17.2 Å². The number of ether oxygens (including phenoxy) is 3. The predicted octanol–water partition coefficient (Wildman–Crippen LogP) is 4.82. The Morgan fingerprint density at radius 1 is 0.973 bits per heavy atom. The third-order valence-electron chi connectivity index (χ3n) is 6.16. The van der Waals surface area contributed by atoms with E-state index in [9.17, 15) is 14.4 Å². The van der Waals surface area contributed by atoms with Gasteiger partial charge in [0, 0.05) is 13.1 Å². The minimum Gasteiger partial charge on any atom is -0.491 e. The van der Waals surface area contributed by atoms with Gasteiger partial charge in [-0.2, -0.15) is 0 Å². The van der Waals surface area contributed by atoms with E-state index in [2.05, 4.69) is 0 Å². The first-order valence-electron chi connectivity index (χ1n) is 12.5. The van der Waals surface area contributed by atoms with Crippen molar-refractivity contribution in [1.82, 2.24) is 9.80 Å². The maximum absolute atomic E-state index is 12.9. The molecule has 2 aliphatic heterocycles. The number of thioether (sulfide) groups is 1. The Hall–Kier alpha value is -3.46. The third kappa shape index (κ3) is 6.65. The van der Waals surface area contributed by atoms with Crippen LogP contribution in [0.4, 0.5) is 4.79 Å². The van der Waals surface area contributed by atoms with Crippen LogP contribution in [-0.2, 0) is 9.59 Å². The van der Waals surface area contributed by atoms with E-state index in [4.69, 9.17) is 14.2 Å². The Morgan fingerprint density at radius 2 is 1.76 bits per heavy atom. The van der Waals surface area contributed by atoms with Crippen LogP contribution < -0.4 is 14.2 Å². The lowest BCUT2D eigenvalue weighted by atomic mass is 10.1. The SMILES string of the molecule is CCOc1cc(/C=C2\SC(=O)N(CCOc3cc(C)ccc3C)C2=O)ccc1OCC(=O)N1CCCC1. The van der Waals surface area contributed by atoms with Gasteiger partial charge in [-0.25, -0.2) is 0 Å². The number of hydrogen-bond donors (Lipinski definition) is 0. The van der Waals surface area contributed by atoms with E-state index in [0.29, 0.717) is 28.6 Å². The van der Waals surface area contributed by atoms with Gasteiger partial charge in [0.1, 0.15) is 12.4 Å². The van der Waals surface area contributed by atoms with E-state index >= 15 is 0 Å². The molecule has 0 atom stereocenters. The van der Waals surface area contributed by atoms with Crippen LogP contribution in [0.3, 0.4) is 0 Å². The largest absolute Gasteiger partial charge is 0.491 e. The Kier molecular flexibility index (Phi) is 8.76. The van der Waals surface area contributed by atoms with Gasteiger partial charge in [-0.15, -0.1) is 0 Å². The van der Waals surface area contributed by atoms with Crippen LogP contribution in [-0.4, -0.2) is 66.3 Å². The first-order valence-corrected chi connectivity index (χ1v) is 13.3. The van der Waals surface area contributed by atoms with Crippen molar-refractivity contribution in [3.63, 3.8) is 0 Å². The maximum Gasteiger partial charge on any atom is 0.293 e. The summed E-state index contributed by atoms with van der Waals surface area (Å²) in [4.78, 5) is 41.1. The summed E-state index contributed by atoms with van der Waals surface area (Å²) >= 11 is 0.901. The second kappa shape index (κ2) is 12.2. The summed E-state index contributed by atoms with van der Waals surface area (Å²) in [6.45, 7) is 8.08. The molecular formula is C28H32N2O6S. The average Bonchev–Trinajstić information content (AvgIpc) is 3.50. The quantitative estimate of drug-likeness (QED) is 0.412. The summed E-state index contributed by atoms with van der Waals surface area (Å²) in [6.07, 6.45) is 3.71. The smallest absolute Gasteiger partial charge is 0.293 e. The van der Waals surface area contributed by atoms with E-state index in [-0.39, 0.29) is 36.8 Å². The summed E-state index contributed by atoms with van der Waals surface area (Å²) in [7, 11) is 0. The Bertz CT molecular complexity index is 1210. The van der Waals surface area contributed by atoms with Crippen LogP contribution in [0, 0.1) is 13.8 Å². The first-order chi connectivity index (χ1) is 17.9. The number of nitrogens with zero attached hydrogens (tertiary/aromatic N) is 2. The molecule has 0 aromatic heterocycles. The van der Waals surface area contributed by atoms with Crippen LogP contribution in [0.2, 0.25) is 0 Å². The Labute approximate surface area is 221 Å². The highest BCUT2D eigenvalue weighted by molar-refractivity contribution is 8.18. The Balaban J connectivity index is 1.39. The lowest BCUT2D eigenvalue weighted by Gasteiger charge is -2.17. The summed E-state index contributed by atoms with van der Waals surface area (Å²) in [5, 5.41) is -0.328. The van der Waals surface area contributed by atoms with Crippen LogP contribution in [0.1, 0.15) is 36.5 Å². The average molecular weight is 525 g/mol. The summed E-state index contributed by atoms with van der Waals surface area (Å²) in [5.41, 5.74) is 2.77. The minimum atomic E-state index is -0.353. The number of rotatable bonds is 10. The zero-order valence-corrected chi connectivity index (χ0v) is 22.3. The molecule has 37 heavy (non-hydrogen) atoms. The molecule has 2 aromatic carbocycles. The molecule has 0 N–H and O–H groups in total. The highest BCUT2D eigenvalue weighted by atomic mass is 32.2. The molecule has 2 heterocycles. The van der Waals surface area contributed by atoms with Crippen LogP contribution in [0.15, 0.2) is 41.3 Å². The molecule has 2 aromatic rings. The van der Waals surface area contributed by atoms with Crippen LogP contribution >= 0.6 is 11.8 Å². The zero-order chi connectivity index (χ0) is 26.4. The number of likely N-dealkylation sites (tertiary alicyclic amines) is 1. The molecule has 2 aliphatic rings. The van der Waals surface area contributed by atoms with E-state index in [1.54, 1.807) is 29.2 Å². The molecule has 2 fully saturated rings. The predicted molar refractivity (Wildman–Crippen MR) is 143 cm³/mol. The molecular weight excluding hydrogens is 492 g/mol. The number of imide groups is 1. The normalized spacial score (nSPS) is 16.6. The number of benzene rings is 2. The van der Waals surface area contributed by atoms with Gasteiger partial charge in [-0.1, -0.05) is 18.2 Å². The fraction of sp³-hybridized carbons (Fsp3) is 0.393. The molecule has 9 heteroatoms. The molecule has 0 aliphatic carbocycles. The number of hydrogen-bond acceptors (Lipinski definition) is 7. The number of carbonyl (C=O) groups excluding carboxylic acids is 3. The lowest BCUT2D eigenvalue weighted by molar-refractivity contribution is -0.132. The molecule has 0 unspecified atom stereocenters. The molecule has 0 saturated carbocycles. The molecule has 4 rings (SSSR count). The van der Waals surface area contributed by atoms with E-state index in [1.165, 1.54) is 4.90 Å². The molecule has 0 bridgehead atoms. The number of aryl methyl sites for hydroxylation is 2. The van der Waals surface area contributed by atoms with Crippen molar-refractivity contribution in [3.8, 4) is 17.2 Å². The fourth-order valence-corrected chi connectivity index (χ4v) is 5.02. The Morgan fingerprint density at radius 3 is 2.51 bits per heavy atom. The minimum absolute atomic E-state index is 0.0424. The molecule has 3 amide bonds. The van der Waals surface area contributed by atoms with E-state index in [1.807, 2.05) is 39.0 Å². The van der Waals surface area contributed by atoms with Crippen molar-refractivity contribution in [1.29, 1.82) is 0 Å². The topological polar surface area (TPSA) is 85.4 Å². The van der Waals surface area contributed by atoms with Crippen molar-refractivity contribution in [3.05, 3.63) is 58.0 Å². The molecule has 196 valence electrons. The second-order valence-corrected chi connectivity index (χ2v) is 9.96. The van der Waals surface area contributed by atoms with Crippen LogP contribution in [0.25, 0.3) is 6.08 Å². The highest BCUT2D eigenvalue weighted by Gasteiger charge is 2.35. The van der Waals surface area contributed by atoms with E-state index in [0.717, 1.165) is 54.6 Å². The van der Waals surface area contributed by atoms with Crippen molar-refractivity contribution < 1.29 is 28.6 Å². The van der Waals surface area contributed by atoms with Crippen molar-refractivity contribution in [2.45, 2.75) is 33.6 Å². The van der Waals surface area contributed by atoms with Gasteiger partial charge in [0.2, 0.25) is 0 Å². The lowest BCUT2D eigenvalue weighted by Crippen LogP contribution is -2.32. The standard InChI is InChI=1S/C28H32N2O6S/c1-4-34-24-16-21(9-10-22(24)36-18-26(31)29-11-5-6-12-29)17-25-27(32)30(28(33)37-25)13-14-35-23-15-19(2)7-8-20(23)3/h7-10,15-17H,4-6,11-14,18H2,1-3H3/b25-17-. The number of amides is 3. The molecule has 0 spiro atoms. The van der Waals surface area contributed by atoms with Gasteiger partial charge in [-0.05, 0) is 86.3 Å². The number of carbonyl (C=O) groups is 3. The summed E-state index contributed by atoms with van der Waals surface area (Å²) in [6, 6.07) is 11.2. The van der Waals surface area contributed by atoms with Crippen molar-refractivity contribution in [2.24, 2.45) is 0 Å². The highest BCUT2D eigenvalue weighted by Crippen LogP contribution is 2.35. The van der Waals surface area contributed by atoms with Gasteiger partial charge in [0.05, 0.1) is 18.1 Å². The molecule has 2 saturated heterocycles. The fourth-order valence-electron chi connectivity index (χ4n) is 4.15. The molecule has 8 nitrogen and oxygen atoms in total. The second-order valence-electron chi connectivity index (χ2n) is 8.97. The summed E-state index contributed by atoms with van der Waals surface area (Å²) < 4.78 is 17.3.